The van der Waals surface area contributed by atoms with Crippen LogP contribution in [-0.4, -0.2) is 41.1 Å². The second-order valence-corrected chi connectivity index (χ2v) is 5.08. The number of amides is 1. The fraction of sp³-hybridized carbons (Fsp3) is 0.467. The molecule has 5 heteroatoms. The van der Waals surface area contributed by atoms with E-state index in [0.717, 1.165) is 0 Å². The molecular weight excluding hydrogens is 258 g/mol. The van der Waals surface area contributed by atoms with E-state index in [9.17, 15) is 9.59 Å². The van der Waals surface area contributed by atoms with Crippen LogP contribution >= 0.6 is 0 Å². The number of carbonyl (C=O) groups is 2. The quantitative estimate of drug-likeness (QED) is 0.829. The lowest BCUT2D eigenvalue weighted by molar-refractivity contribution is -0.147. The van der Waals surface area contributed by atoms with E-state index in [0.29, 0.717) is 12.3 Å². The minimum absolute atomic E-state index is 0.197. The number of ether oxygens (including phenoxy) is 1. The first kappa shape index (κ1) is 16.0. The average molecular weight is 279 g/mol. The number of hydrogen-bond donors (Lipinski definition) is 1. The molecule has 0 aromatic heterocycles. The summed E-state index contributed by atoms with van der Waals surface area (Å²) in [5.74, 6) is -0.550. The standard InChI is InChI=1S/C15H21NO4/c1-11(2)9-16(10-14(17)18)15(19)12(3)20-13-7-5-4-6-8-13/h4-8,11-12H,9-10H2,1-3H3,(H,17,18). The molecule has 0 aliphatic rings. The third kappa shape index (κ3) is 5.30. The van der Waals surface area contributed by atoms with Crippen LogP contribution in [0.25, 0.3) is 0 Å². The van der Waals surface area contributed by atoms with E-state index in [1.54, 1.807) is 19.1 Å². The van der Waals surface area contributed by atoms with Gasteiger partial charge in [-0.15, -0.1) is 0 Å². The van der Waals surface area contributed by atoms with Gasteiger partial charge in [0, 0.05) is 6.54 Å². The van der Waals surface area contributed by atoms with E-state index >= 15 is 0 Å². The number of carbonyl (C=O) groups excluding carboxylic acids is 1. The zero-order chi connectivity index (χ0) is 15.1. The van der Waals surface area contributed by atoms with Crippen molar-refractivity contribution in [2.75, 3.05) is 13.1 Å². The first-order chi connectivity index (χ1) is 9.40. The first-order valence-electron chi connectivity index (χ1n) is 6.62. The monoisotopic (exact) mass is 279 g/mol. The predicted octanol–water partition coefficient (Wildman–Crippen LogP) is 2.02. The number of aliphatic carboxylic acids is 1. The molecule has 110 valence electrons. The van der Waals surface area contributed by atoms with Gasteiger partial charge in [-0.3, -0.25) is 9.59 Å². The van der Waals surface area contributed by atoms with E-state index in [1.807, 2.05) is 32.0 Å². The highest BCUT2D eigenvalue weighted by Gasteiger charge is 2.24. The summed E-state index contributed by atoms with van der Waals surface area (Å²) in [5, 5.41) is 8.88. The maximum Gasteiger partial charge on any atom is 0.323 e. The molecule has 0 heterocycles. The Balaban J connectivity index is 2.69. The Morgan fingerprint density at radius 3 is 2.30 bits per heavy atom. The summed E-state index contributed by atoms with van der Waals surface area (Å²) >= 11 is 0. The van der Waals surface area contributed by atoms with Crippen molar-refractivity contribution in [2.24, 2.45) is 5.92 Å². The Labute approximate surface area is 119 Å². The molecule has 0 radical (unpaired) electrons. The van der Waals surface area contributed by atoms with Crippen molar-refractivity contribution in [1.82, 2.24) is 4.90 Å². The summed E-state index contributed by atoms with van der Waals surface area (Å²) in [6, 6.07) is 9.00. The lowest BCUT2D eigenvalue weighted by Crippen LogP contribution is -2.44. The highest BCUT2D eigenvalue weighted by Crippen LogP contribution is 2.12. The van der Waals surface area contributed by atoms with Crippen LogP contribution in [0.15, 0.2) is 30.3 Å². The van der Waals surface area contributed by atoms with Crippen LogP contribution in [-0.2, 0) is 9.59 Å². The van der Waals surface area contributed by atoms with Gasteiger partial charge >= 0.3 is 5.97 Å². The van der Waals surface area contributed by atoms with Gasteiger partial charge < -0.3 is 14.7 Å². The number of para-hydroxylation sites is 1. The third-order valence-corrected chi connectivity index (χ3v) is 2.63. The molecule has 5 nitrogen and oxygen atoms in total. The van der Waals surface area contributed by atoms with Crippen molar-refractivity contribution in [2.45, 2.75) is 26.9 Å². The maximum absolute atomic E-state index is 12.3. The van der Waals surface area contributed by atoms with Gasteiger partial charge in [0.25, 0.3) is 5.91 Å². The predicted molar refractivity (Wildman–Crippen MR) is 75.6 cm³/mol. The van der Waals surface area contributed by atoms with E-state index in [1.165, 1.54) is 4.90 Å². The van der Waals surface area contributed by atoms with Crippen molar-refractivity contribution in [3.63, 3.8) is 0 Å². The molecule has 1 aromatic carbocycles. The third-order valence-electron chi connectivity index (χ3n) is 2.63. The maximum atomic E-state index is 12.3. The van der Waals surface area contributed by atoms with Gasteiger partial charge in [0.05, 0.1) is 0 Å². The molecule has 0 aliphatic carbocycles. The summed E-state index contributed by atoms with van der Waals surface area (Å²) < 4.78 is 5.54. The van der Waals surface area contributed by atoms with Crippen molar-refractivity contribution in [3.8, 4) is 5.75 Å². The van der Waals surface area contributed by atoms with Gasteiger partial charge in [0.2, 0.25) is 0 Å². The van der Waals surface area contributed by atoms with Crippen LogP contribution in [0.2, 0.25) is 0 Å². The molecule has 0 saturated carbocycles. The molecule has 1 rings (SSSR count). The first-order valence-corrected chi connectivity index (χ1v) is 6.62. The lowest BCUT2D eigenvalue weighted by Gasteiger charge is -2.26. The van der Waals surface area contributed by atoms with Crippen LogP contribution in [0.4, 0.5) is 0 Å². The normalized spacial score (nSPS) is 12.0. The summed E-state index contributed by atoms with van der Waals surface area (Å²) in [4.78, 5) is 24.4. The smallest absolute Gasteiger partial charge is 0.323 e. The molecule has 20 heavy (non-hydrogen) atoms. The number of hydrogen-bond acceptors (Lipinski definition) is 3. The van der Waals surface area contributed by atoms with Crippen LogP contribution in [0.1, 0.15) is 20.8 Å². The van der Waals surface area contributed by atoms with Crippen molar-refractivity contribution < 1.29 is 19.4 Å². The zero-order valence-electron chi connectivity index (χ0n) is 12.1. The van der Waals surface area contributed by atoms with Gasteiger partial charge in [0.1, 0.15) is 12.3 Å². The molecule has 1 unspecified atom stereocenters. The van der Waals surface area contributed by atoms with Crippen LogP contribution in [0.5, 0.6) is 5.75 Å². The van der Waals surface area contributed by atoms with Gasteiger partial charge in [-0.1, -0.05) is 32.0 Å². The molecule has 1 aromatic rings. The number of benzene rings is 1. The Kier molecular flexibility index (Phi) is 6.03. The van der Waals surface area contributed by atoms with Crippen molar-refractivity contribution in [1.29, 1.82) is 0 Å². The van der Waals surface area contributed by atoms with Gasteiger partial charge in [-0.2, -0.15) is 0 Å². The molecular formula is C15H21NO4. The molecule has 1 atom stereocenters. The minimum atomic E-state index is -1.02. The van der Waals surface area contributed by atoms with Crippen LogP contribution in [0.3, 0.4) is 0 Å². The molecule has 0 bridgehead atoms. The minimum Gasteiger partial charge on any atom is -0.481 e. The number of rotatable bonds is 7. The SMILES string of the molecule is CC(C)CN(CC(=O)O)C(=O)C(C)Oc1ccccc1. The van der Waals surface area contributed by atoms with Gasteiger partial charge in [-0.05, 0) is 25.0 Å². The van der Waals surface area contributed by atoms with E-state index in [2.05, 4.69) is 0 Å². The molecule has 0 aliphatic heterocycles. The highest BCUT2D eigenvalue weighted by molar-refractivity contribution is 5.84. The Hall–Kier alpha value is -2.04. The molecule has 1 N–H and O–H groups in total. The molecule has 0 saturated heterocycles. The van der Waals surface area contributed by atoms with Gasteiger partial charge in [0.15, 0.2) is 6.10 Å². The highest BCUT2D eigenvalue weighted by atomic mass is 16.5. The summed E-state index contributed by atoms with van der Waals surface area (Å²) in [5.41, 5.74) is 0. The van der Waals surface area contributed by atoms with E-state index in [-0.39, 0.29) is 18.4 Å². The largest absolute Gasteiger partial charge is 0.481 e. The fourth-order valence-corrected chi connectivity index (χ4v) is 1.85. The molecule has 0 spiro atoms. The number of carboxylic acids is 1. The van der Waals surface area contributed by atoms with E-state index in [4.69, 9.17) is 9.84 Å². The number of nitrogens with zero attached hydrogens (tertiary/aromatic N) is 1. The molecule has 1 amide bonds. The van der Waals surface area contributed by atoms with Crippen LogP contribution < -0.4 is 4.74 Å². The second-order valence-electron chi connectivity index (χ2n) is 5.08. The topological polar surface area (TPSA) is 66.8 Å². The Morgan fingerprint density at radius 2 is 1.80 bits per heavy atom. The van der Waals surface area contributed by atoms with Gasteiger partial charge in [-0.25, -0.2) is 0 Å². The average Bonchev–Trinajstić information content (AvgIpc) is 2.37. The Morgan fingerprint density at radius 1 is 1.20 bits per heavy atom. The Bertz CT molecular complexity index is 444. The summed E-state index contributed by atoms with van der Waals surface area (Å²) in [6.07, 6.45) is -0.713. The molecule has 0 fully saturated rings. The van der Waals surface area contributed by atoms with Crippen LogP contribution in [0, 0.1) is 5.92 Å². The number of carboxylic acid groups (broad SMARTS) is 1. The second kappa shape index (κ2) is 7.53. The lowest BCUT2D eigenvalue weighted by atomic mass is 10.2. The summed E-state index contributed by atoms with van der Waals surface area (Å²) in [6.45, 7) is 5.59. The summed E-state index contributed by atoms with van der Waals surface area (Å²) in [7, 11) is 0. The zero-order valence-corrected chi connectivity index (χ0v) is 12.1. The van der Waals surface area contributed by atoms with Crippen molar-refractivity contribution in [3.05, 3.63) is 30.3 Å². The fourth-order valence-electron chi connectivity index (χ4n) is 1.85. The van der Waals surface area contributed by atoms with E-state index < -0.39 is 12.1 Å². The van der Waals surface area contributed by atoms with Crippen molar-refractivity contribution >= 4 is 11.9 Å².